The minimum atomic E-state index is -0.421. The number of carbonyl (C=O) groups excluding carboxylic acids is 1. The Labute approximate surface area is 179 Å². The van der Waals surface area contributed by atoms with Crippen molar-refractivity contribution >= 4 is 57.2 Å². The number of fused-ring (bicyclic) bond motifs is 1. The van der Waals surface area contributed by atoms with Gasteiger partial charge < -0.3 is 15.4 Å². The van der Waals surface area contributed by atoms with E-state index in [9.17, 15) is 9.18 Å². The van der Waals surface area contributed by atoms with Crippen LogP contribution in [0.5, 0.6) is 0 Å². The number of pyridine rings is 1. The molecule has 1 aliphatic carbocycles. The average molecular weight is 512 g/mol. The van der Waals surface area contributed by atoms with Crippen molar-refractivity contribution in [1.82, 2.24) is 15.4 Å². The molecule has 1 aromatic carbocycles. The van der Waals surface area contributed by atoms with Crippen molar-refractivity contribution in [2.75, 3.05) is 11.9 Å². The van der Waals surface area contributed by atoms with E-state index in [0.29, 0.717) is 23.6 Å². The van der Waals surface area contributed by atoms with E-state index in [0.717, 1.165) is 21.9 Å². The molecule has 1 amide bonds. The Morgan fingerprint density at radius 2 is 2.17 bits per heavy atom. The topological polar surface area (TPSA) is 116 Å². The summed E-state index contributed by atoms with van der Waals surface area (Å²) in [4.78, 5) is 33.3. The number of halogens is 2. The van der Waals surface area contributed by atoms with E-state index in [4.69, 9.17) is 14.7 Å². The smallest absolute Gasteiger partial charge is 0.293 e. The molecule has 1 saturated carbocycles. The fraction of sp³-hybridized carbons (Fsp3) is 0.211. The average Bonchev–Trinajstić information content (AvgIpc) is 3.44. The van der Waals surface area contributed by atoms with E-state index in [-0.39, 0.29) is 17.9 Å². The quantitative estimate of drug-likeness (QED) is 0.227. The van der Waals surface area contributed by atoms with Gasteiger partial charge >= 0.3 is 0 Å². The molecule has 0 aliphatic heterocycles. The first-order valence-corrected chi connectivity index (χ1v) is 9.79. The summed E-state index contributed by atoms with van der Waals surface area (Å²) < 4.78 is 15.0. The fourth-order valence-electron chi connectivity index (χ4n) is 2.62. The first-order valence-electron chi connectivity index (χ1n) is 8.71. The van der Waals surface area contributed by atoms with E-state index < -0.39 is 11.7 Å². The van der Waals surface area contributed by atoms with Gasteiger partial charge in [-0.2, -0.15) is 0 Å². The molecule has 152 valence electrons. The maximum atomic E-state index is 14.3. The molecule has 0 saturated heterocycles. The number of H-pyrrole nitrogens is 1. The van der Waals surface area contributed by atoms with Crippen LogP contribution in [0.3, 0.4) is 0 Å². The normalized spacial score (nSPS) is 12.8. The van der Waals surface area contributed by atoms with Crippen LogP contribution in [0.4, 0.5) is 15.8 Å². The van der Waals surface area contributed by atoms with E-state index in [1.165, 1.54) is 6.07 Å². The minimum Gasteiger partial charge on any atom is -0.483 e. The van der Waals surface area contributed by atoms with Crippen molar-refractivity contribution in [3.8, 4) is 0 Å². The molecule has 2 heterocycles. The molecule has 0 bridgehead atoms. The van der Waals surface area contributed by atoms with Gasteiger partial charge in [0.25, 0.3) is 12.4 Å². The van der Waals surface area contributed by atoms with Gasteiger partial charge in [0, 0.05) is 21.4 Å². The van der Waals surface area contributed by atoms with Gasteiger partial charge in [-0.1, -0.05) is 0 Å². The lowest BCUT2D eigenvalue weighted by atomic mass is 10.2. The van der Waals surface area contributed by atoms with Crippen LogP contribution in [0.2, 0.25) is 0 Å². The standard InChI is InChI=1S/C18H16FIN4O2.CH2O2/c19-13-7-11(20)3-4-15(13)23-16-12-8-21-6-5-14(12)22-17(16)18(25)24-26-9-10-1-2-10;2-1-3/h3-8,10,22-23H,1-2,9H2,(H,24,25);1H,(H,2,3). The molecule has 0 atom stereocenters. The molecule has 0 spiro atoms. The number of benzene rings is 1. The van der Waals surface area contributed by atoms with Gasteiger partial charge in [0.05, 0.1) is 23.5 Å². The van der Waals surface area contributed by atoms with Crippen LogP contribution in [0, 0.1) is 15.3 Å². The third kappa shape index (κ3) is 5.41. The molecular formula is C19H18FIN4O4. The zero-order valence-corrected chi connectivity index (χ0v) is 17.3. The highest BCUT2D eigenvalue weighted by molar-refractivity contribution is 14.1. The maximum Gasteiger partial charge on any atom is 0.293 e. The molecule has 3 aromatic rings. The zero-order valence-electron chi connectivity index (χ0n) is 15.1. The van der Waals surface area contributed by atoms with Crippen LogP contribution < -0.4 is 10.8 Å². The van der Waals surface area contributed by atoms with Crippen molar-refractivity contribution < 1.29 is 23.9 Å². The van der Waals surface area contributed by atoms with Crippen molar-refractivity contribution in [2.45, 2.75) is 12.8 Å². The van der Waals surface area contributed by atoms with Crippen molar-refractivity contribution in [1.29, 1.82) is 0 Å². The Morgan fingerprint density at radius 1 is 1.41 bits per heavy atom. The Balaban J connectivity index is 0.000000755. The van der Waals surface area contributed by atoms with Crippen molar-refractivity contribution in [3.63, 3.8) is 0 Å². The molecule has 8 nitrogen and oxygen atoms in total. The van der Waals surface area contributed by atoms with Crippen LogP contribution in [0.15, 0.2) is 36.7 Å². The minimum absolute atomic E-state index is 0.250. The summed E-state index contributed by atoms with van der Waals surface area (Å²) in [7, 11) is 0. The molecule has 1 aliphatic rings. The summed E-state index contributed by atoms with van der Waals surface area (Å²) in [5.41, 5.74) is 4.18. The van der Waals surface area contributed by atoms with E-state index in [2.05, 4.69) is 20.8 Å². The summed E-state index contributed by atoms with van der Waals surface area (Å²) >= 11 is 2.04. The molecule has 10 heteroatoms. The van der Waals surface area contributed by atoms with Crippen molar-refractivity contribution in [2.24, 2.45) is 5.92 Å². The number of rotatable bonds is 6. The molecular weight excluding hydrogens is 494 g/mol. The number of amides is 1. The number of anilines is 2. The van der Waals surface area contributed by atoms with Crippen LogP contribution in [-0.4, -0.2) is 34.1 Å². The first-order chi connectivity index (χ1) is 14.0. The highest BCUT2D eigenvalue weighted by atomic mass is 127. The van der Waals surface area contributed by atoms with Gasteiger partial charge in [0.1, 0.15) is 11.5 Å². The van der Waals surface area contributed by atoms with Gasteiger partial charge in [-0.05, 0) is 65.6 Å². The Bertz CT molecular complexity index is 1020. The van der Waals surface area contributed by atoms with Crippen LogP contribution in [0.25, 0.3) is 10.9 Å². The third-order valence-electron chi connectivity index (χ3n) is 4.20. The largest absolute Gasteiger partial charge is 0.483 e. The monoisotopic (exact) mass is 512 g/mol. The second kappa shape index (κ2) is 9.65. The summed E-state index contributed by atoms with van der Waals surface area (Å²) in [5.74, 6) is -0.289. The highest BCUT2D eigenvalue weighted by Crippen LogP contribution is 2.32. The first kappa shape index (κ1) is 21.0. The van der Waals surface area contributed by atoms with E-state index in [1.54, 1.807) is 30.6 Å². The SMILES string of the molecule is O=C(NOCC1CC1)c1[nH]c2ccncc2c1Nc1ccc(I)cc1F.O=CO. The maximum absolute atomic E-state index is 14.3. The van der Waals surface area contributed by atoms with Gasteiger partial charge in [-0.3, -0.25) is 19.4 Å². The predicted octanol–water partition coefficient (Wildman–Crippen LogP) is 3.82. The molecule has 4 rings (SSSR count). The van der Waals surface area contributed by atoms with Crippen LogP contribution in [-0.2, 0) is 9.63 Å². The molecule has 2 aromatic heterocycles. The number of hydroxylamine groups is 1. The number of hydrogen-bond donors (Lipinski definition) is 4. The number of aromatic nitrogens is 2. The number of nitrogens with one attached hydrogen (secondary N) is 3. The highest BCUT2D eigenvalue weighted by Gasteiger charge is 2.23. The van der Waals surface area contributed by atoms with E-state index in [1.807, 2.05) is 22.6 Å². The predicted molar refractivity (Wildman–Crippen MR) is 113 cm³/mol. The number of carboxylic acid groups (broad SMARTS) is 1. The molecule has 1 fully saturated rings. The third-order valence-corrected chi connectivity index (χ3v) is 4.87. The number of nitrogens with zero attached hydrogens (tertiary/aromatic N) is 1. The van der Waals surface area contributed by atoms with Gasteiger partial charge in [-0.25, -0.2) is 9.87 Å². The lowest BCUT2D eigenvalue weighted by Gasteiger charge is -2.10. The Kier molecular flexibility index (Phi) is 6.99. The molecule has 0 radical (unpaired) electrons. The van der Waals surface area contributed by atoms with Crippen molar-refractivity contribution in [3.05, 3.63) is 51.7 Å². The number of aromatic amines is 1. The molecule has 29 heavy (non-hydrogen) atoms. The lowest BCUT2D eigenvalue weighted by Crippen LogP contribution is -2.25. The van der Waals surface area contributed by atoms with Gasteiger partial charge in [0.15, 0.2) is 0 Å². The lowest BCUT2D eigenvalue weighted by molar-refractivity contribution is -0.122. The van der Waals surface area contributed by atoms with Gasteiger partial charge in [0.2, 0.25) is 0 Å². The summed E-state index contributed by atoms with van der Waals surface area (Å²) in [6, 6.07) is 6.61. The van der Waals surface area contributed by atoms with Crippen LogP contribution >= 0.6 is 22.6 Å². The summed E-state index contributed by atoms with van der Waals surface area (Å²) in [5, 5.41) is 10.6. The van der Waals surface area contributed by atoms with Crippen LogP contribution in [0.1, 0.15) is 23.3 Å². The fourth-order valence-corrected chi connectivity index (χ4v) is 3.07. The second-order valence-electron chi connectivity index (χ2n) is 6.34. The van der Waals surface area contributed by atoms with E-state index >= 15 is 0 Å². The second-order valence-corrected chi connectivity index (χ2v) is 7.58. The molecule has 0 unspecified atom stereocenters. The Hall–Kier alpha value is -2.73. The Morgan fingerprint density at radius 3 is 2.86 bits per heavy atom. The number of carbonyl (C=O) groups is 2. The summed E-state index contributed by atoms with van der Waals surface area (Å²) in [6.07, 6.45) is 5.51. The molecule has 4 N–H and O–H groups in total. The number of hydrogen-bond acceptors (Lipinski definition) is 5. The van der Waals surface area contributed by atoms with Gasteiger partial charge in [-0.15, -0.1) is 0 Å². The summed E-state index contributed by atoms with van der Waals surface area (Å²) in [6.45, 7) is 0.252. The zero-order chi connectivity index (χ0) is 20.8.